The van der Waals surface area contributed by atoms with E-state index in [4.69, 9.17) is 14.2 Å². The van der Waals surface area contributed by atoms with Crippen LogP contribution in [0.4, 0.5) is 0 Å². The molecule has 0 fully saturated rings. The molecule has 0 aromatic heterocycles. The van der Waals surface area contributed by atoms with Crippen molar-refractivity contribution in [3.8, 4) is 0 Å². The summed E-state index contributed by atoms with van der Waals surface area (Å²) in [5, 5.41) is 0. The molecule has 0 amide bonds. The van der Waals surface area contributed by atoms with Gasteiger partial charge in [-0.25, -0.2) is 0 Å². The Morgan fingerprint density at radius 3 is 0.905 bits per heavy atom. The van der Waals surface area contributed by atoms with Crippen LogP contribution in [0.25, 0.3) is 0 Å². The lowest BCUT2D eigenvalue weighted by Crippen LogP contribution is -2.30. The number of rotatable bonds is 51. The third kappa shape index (κ3) is 49.7. The van der Waals surface area contributed by atoms with Crippen molar-refractivity contribution in [2.75, 3.05) is 13.2 Å². The average Bonchev–Trinajstić information content (AvgIpc) is 3.27. The standard InChI is InChI=1S/C57H110O6/c1-6-8-9-10-11-12-13-14-15-16-17-18-19-22-26-29-32-39-44-49-57(60)63-54(51-62-56(59)48-43-38-34-33-36-41-46-53(5)7-2)50-61-55(58)47-42-37-31-28-25-23-20-21-24-27-30-35-40-45-52(3)4/h52-54H,6-51H2,1-5H3/t53?,54-/m0/s1. The highest BCUT2D eigenvalue weighted by Crippen LogP contribution is 2.18. The van der Waals surface area contributed by atoms with Crippen molar-refractivity contribution in [3.05, 3.63) is 0 Å². The molecule has 2 atom stereocenters. The lowest BCUT2D eigenvalue weighted by atomic mass is 10.00. The van der Waals surface area contributed by atoms with Crippen LogP contribution >= 0.6 is 0 Å². The second kappa shape index (κ2) is 49.8. The third-order valence-corrected chi connectivity index (χ3v) is 13.3. The van der Waals surface area contributed by atoms with E-state index < -0.39 is 6.10 Å². The Hall–Kier alpha value is -1.59. The molecule has 63 heavy (non-hydrogen) atoms. The van der Waals surface area contributed by atoms with Gasteiger partial charge in [-0.1, -0.05) is 279 Å². The van der Waals surface area contributed by atoms with Gasteiger partial charge in [-0.3, -0.25) is 14.4 Å². The second-order valence-electron chi connectivity index (χ2n) is 20.3. The van der Waals surface area contributed by atoms with Gasteiger partial charge in [0.05, 0.1) is 0 Å². The molecular formula is C57H110O6. The van der Waals surface area contributed by atoms with E-state index in [2.05, 4.69) is 34.6 Å². The van der Waals surface area contributed by atoms with Gasteiger partial charge in [0.1, 0.15) is 13.2 Å². The number of unbranched alkanes of at least 4 members (excludes halogenated alkanes) is 35. The second-order valence-corrected chi connectivity index (χ2v) is 20.3. The van der Waals surface area contributed by atoms with E-state index in [1.807, 2.05) is 0 Å². The quantitative estimate of drug-likeness (QED) is 0.0344. The van der Waals surface area contributed by atoms with Crippen LogP contribution < -0.4 is 0 Å². The van der Waals surface area contributed by atoms with Crippen LogP contribution in [0.3, 0.4) is 0 Å². The molecule has 6 heteroatoms. The Kier molecular flexibility index (Phi) is 48.6. The van der Waals surface area contributed by atoms with Crippen LogP contribution in [-0.2, 0) is 28.6 Å². The maximum Gasteiger partial charge on any atom is 0.306 e. The van der Waals surface area contributed by atoms with E-state index in [1.54, 1.807) is 0 Å². The Balaban J connectivity index is 4.25. The molecule has 6 nitrogen and oxygen atoms in total. The molecule has 0 aromatic rings. The highest BCUT2D eigenvalue weighted by Gasteiger charge is 2.19. The number of hydrogen-bond acceptors (Lipinski definition) is 6. The molecule has 0 bridgehead atoms. The SMILES string of the molecule is CCCCCCCCCCCCCCCCCCCCCC(=O)O[C@@H](COC(=O)CCCCCCCCCCCCCCCC(C)C)COC(=O)CCCCCCCCC(C)CC. The fourth-order valence-electron chi connectivity index (χ4n) is 8.66. The zero-order chi connectivity index (χ0) is 46.1. The van der Waals surface area contributed by atoms with E-state index in [0.717, 1.165) is 69.6 Å². The van der Waals surface area contributed by atoms with Crippen LogP contribution in [-0.4, -0.2) is 37.2 Å². The normalized spacial score (nSPS) is 12.5. The maximum absolute atomic E-state index is 12.8. The van der Waals surface area contributed by atoms with Gasteiger partial charge >= 0.3 is 17.9 Å². The summed E-state index contributed by atoms with van der Waals surface area (Å²) in [4.78, 5) is 38.0. The lowest BCUT2D eigenvalue weighted by Gasteiger charge is -2.18. The van der Waals surface area contributed by atoms with Crippen molar-refractivity contribution in [1.29, 1.82) is 0 Å². The summed E-state index contributed by atoms with van der Waals surface area (Å²) < 4.78 is 16.9. The van der Waals surface area contributed by atoms with Gasteiger partial charge in [-0.05, 0) is 31.1 Å². The molecule has 0 heterocycles. The number of ether oxygens (including phenoxy) is 3. The van der Waals surface area contributed by atoms with Crippen LogP contribution in [0, 0.1) is 11.8 Å². The van der Waals surface area contributed by atoms with Crippen LogP contribution in [0.2, 0.25) is 0 Å². The summed E-state index contributed by atoms with van der Waals surface area (Å²) in [6.45, 7) is 11.4. The van der Waals surface area contributed by atoms with Gasteiger partial charge in [0, 0.05) is 19.3 Å². The minimum absolute atomic E-state index is 0.0638. The summed E-state index contributed by atoms with van der Waals surface area (Å²) in [6, 6.07) is 0. The smallest absolute Gasteiger partial charge is 0.306 e. The predicted octanol–water partition coefficient (Wildman–Crippen LogP) is 18.5. The van der Waals surface area contributed by atoms with Crippen molar-refractivity contribution >= 4 is 17.9 Å². The van der Waals surface area contributed by atoms with Gasteiger partial charge in [0.2, 0.25) is 0 Å². The molecule has 0 aliphatic carbocycles. The predicted molar refractivity (Wildman–Crippen MR) is 270 cm³/mol. The van der Waals surface area contributed by atoms with Crippen LogP contribution in [0.5, 0.6) is 0 Å². The fraction of sp³-hybridized carbons (Fsp3) is 0.947. The van der Waals surface area contributed by atoms with Gasteiger partial charge in [0.25, 0.3) is 0 Å². The molecule has 0 saturated heterocycles. The summed E-state index contributed by atoms with van der Waals surface area (Å²) in [5.74, 6) is 0.808. The number of carbonyl (C=O) groups is 3. The zero-order valence-corrected chi connectivity index (χ0v) is 43.2. The highest BCUT2D eigenvalue weighted by atomic mass is 16.6. The first kappa shape index (κ1) is 61.4. The number of hydrogen-bond donors (Lipinski definition) is 0. The van der Waals surface area contributed by atoms with Gasteiger partial charge < -0.3 is 14.2 Å². The minimum Gasteiger partial charge on any atom is -0.462 e. The van der Waals surface area contributed by atoms with E-state index in [9.17, 15) is 14.4 Å². The van der Waals surface area contributed by atoms with E-state index in [-0.39, 0.29) is 31.1 Å². The Morgan fingerprint density at radius 1 is 0.333 bits per heavy atom. The monoisotopic (exact) mass is 891 g/mol. The molecule has 0 saturated carbocycles. The molecular weight excluding hydrogens is 781 g/mol. The van der Waals surface area contributed by atoms with Crippen molar-refractivity contribution in [3.63, 3.8) is 0 Å². The number of esters is 3. The molecule has 0 rings (SSSR count). The van der Waals surface area contributed by atoms with Crippen LogP contribution in [0.15, 0.2) is 0 Å². The maximum atomic E-state index is 12.8. The highest BCUT2D eigenvalue weighted by molar-refractivity contribution is 5.71. The summed E-state index contributed by atoms with van der Waals surface area (Å²) >= 11 is 0. The van der Waals surface area contributed by atoms with Crippen molar-refractivity contribution in [1.82, 2.24) is 0 Å². The number of carbonyl (C=O) groups excluding carboxylic acids is 3. The fourth-order valence-corrected chi connectivity index (χ4v) is 8.66. The zero-order valence-electron chi connectivity index (χ0n) is 43.2. The van der Waals surface area contributed by atoms with Gasteiger partial charge in [-0.2, -0.15) is 0 Å². The third-order valence-electron chi connectivity index (χ3n) is 13.3. The summed E-state index contributed by atoms with van der Waals surface area (Å²) in [6.07, 6.45) is 52.4. The molecule has 374 valence electrons. The molecule has 0 N–H and O–H groups in total. The molecule has 0 spiro atoms. The molecule has 1 unspecified atom stereocenters. The Morgan fingerprint density at radius 2 is 0.603 bits per heavy atom. The lowest BCUT2D eigenvalue weighted by molar-refractivity contribution is -0.167. The van der Waals surface area contributed by atoms with E-state index >= 15 is 0 Å². The molecule has 0 aliphatic rings. The minimum atomic E-state index is -0.763. The largest absolute Gasteiger partial charge is 0.462 e. The molecule has 0 aliphatic heterocycles. The van der Waals surface area contributed by atoms with Crippen molar-refractivity contribution < 1.29 is 28.6 Å². The van der Waals surface area contributed by atoms with Gasteiger partial charge in [-0.15, -0.1) is 0 Å². The first-order valence-electron chi connectivity index (χ1n) is 28.3. The molecule has 0 radical (unpaired) electrons. The topological polar surface area (TPSA) is 78.9 Å². The van der Waals surface area contributed by atoms with Gasteiger partial charge in [0.15, 0.2) is 6.10 Å². The summed E-state index contributed by atoms with van der Waals surface area (Å²) in [5.41, 5.74) is 0. The van der Waals surface area contributed by atoms with E-state index in [1.165, 1.54) is 205 Å². The molecule has 0 aromatic carbocycles. The first-order valence-corrected chi connectivity index (χ1v) is 28.3. The summed E-state index contributed by atoms with van der Waals surface area (Å²) in [7, 11) is 0. The van der Waals surface area contributed by atoms with Crippen molar-refractivity contribution in [2.24, 2.45) is 11.8 Å². The Bertz CT molecular complexity index is 964. The van der Waals surface area contributed by atoms with Crippen molar-refractivity contribution in [2.45, 2.75) is 323 Å². The van der Waals surface area contributed by atoms with Crippen LogP contribution in [0.1, 0.15) is 317 Å². The average molecular weight is 892 g/mol. The first-order chi connectivity index (χ1) is 30.8. The Labute approximate surface area is 393 Å². The van der Waals surface area contributed by atoms with E-state index in [0.29, 0.717) is 19.3 Å².